The Labute approximate surface area is 162 Å². The summed E-state index contributed by atoms with van der Waals surface area (Å²) < 4.78 is 28.6. The van der Waals surface area contributed by atoms with Crippen LogP contribution in [0, 0.1) is 6.92 Å². The molecule has 8 nitrogen and oxygen atoms in total. The van der Waals surface area contributed by atoms with Crippen molar-refractivity contribution < 1.29 is 22.7 Å². The van der Waals surface area contributed by atoms with Gasteiger partial charge in [0.1, 0.15) is 0 Å². The molecule has 1 aromatic carbocycles. The van der Waals surface area contributed by atoms with Crippen LogP contribution in [0.4, 0.5) is 0 Å². The minimum absolute atomic E-state index is 0.00338. The van der Waals surface area contributed by atoms with E-state index in [0.29, 0.717) is 5.69 Å². The van der Waals surface area contributed by atoms with Crippen LogP contribution < -0.4 is 0 Å². The summed E-state index contributed by atoms with van der Waals surface area (Å²) in [5.74, 6) is -1.46. The lowest BCUT2D eigenvalue weighted by Gasteiger charge is -2.27. The van der Waals surface area contributed by atoms with Crippen molar-refractivity contribution in [1.82, 2.24) is 14.9 Å². The van der Waals surface area contributed by atoms with Crippen molar-refractivity contribution >= 4 is 21.7 Å². The molecule has 0 bridgehead atoms. The highest BCUT2D eigenvalue weighted by molar-refractivity contribution is 7.94. The monoisotopic (exact) mass is 401 g/mol. The van der Waals surface area contributed by atoms with Crippen LogP contribution in [0.15, 0.2) is 54.2 Å². The van der Waals surface area contributed by atoms with Gasteiger partial charge in [0.25, 0.3) is 5.91 Å². The molecular weight excluding hydrogens is 382 g/mol. The Kier molecular flexibility index (Phi) is 5.84. The van der Waals surface area contributed by atoms with E-state index < -0.39 is 34.4 Å². The first-order chi connectivity index (χ1) is 13.3. The topological polar surface area (TPSA) is 107 Å². The van der Waals surface area contributed by atoms with Gasteiger partial charge >= 0.3 is 5.97 Å². The minimum Gasteiger partial charge on any atom is -0.451 e. The molecule has 0 radical (unpaired) electrons. The van der Waals surface area contributed by atoms with E-state index in [4.69, 9.17) is 4.74 Å². The summed E-state index contributed by atoms with van der Waals surface area (Å²) in [7, 11) is -3.35. The molecule has 0 aliphatic carbocycles. The molecule has 146 valence electrons. The van der Waals surface area contributed by atoms with E-state index in [2.05, 4.69) is 9.97 Å². The van der Waals surface area contributed by atoms with Crippen LogP contribution in [0.5, 0.6) is 0 Å². The predicted molar refractivity (Wildman–Crippen MR) is 101 cm³/mol. The van der Waals surface area contributed by atoms with Crippen molar-refractivity contribution in [3.05, 3.63) is 71.2 Å². The average molecular weight is 401 g/mol. The van der Waals surface area contributed by atoms with Gasteiger partial charge in [-0.3, -0.25) is 9.78 Å². The van der Waals surface area contributed by atoms with Crippen molar-refractivity contribution in [2.24, 2.45) is 0 Å². The number of carbonyl (C=O) groups excluding carboxylic acids is 2. The van der Waals surface area contributed by atoms with Crippen LogP contribution >= 0.6 is 0 Å². The highest BCUT2D eigenvalue weighted by Crippen LogP contribution is 2.18. The largest absolute Gasteiger partial charge is 0.451 e. The van der Waals surface area contributed by atoms with Gasteiger partial charge in [0, 0.05) is 18.1 Å². The summed E-state index contributed by atoms with van der Waals surface area (Å²) in [6.45, 7) is 1.41. The summed E-state index contributed by atoms with van der Waals surface area (Å²) in [5.41, 5.74) is 1.48. The fraction of sp³-hybridized carbons (Fsp3) is 0.263. The smallest absolute Gasteiger partial charge is 0.359 e. The second-order valence-electron chi connectivity index (χ2n) is 6.35. The highest BCUT2D eigenvalue weighted by Gasteiger charge is 2.31. The van der Waals surface area contributed by atoms with E-state index in [1.807, 2.05) is 30.3 Å². The van der Waals surface area contributed by atoms with Crippen molar-refractivity contribution in [2.45, 2.75) is 19.5 Å². The number of aromatic nitrogens is 2. The summed E-state index contributed by atoms with van der Waals surface area (Å²) in [4.78, 5) is 34.0. The van der Waals surface area contributed by atoms with Gasteiger partial charge < -0.3 is 9.64 Å². The lowest BCUT2D eigenvalue weighted by atomic mass is 10.2. The fourth-order valence-electron chi connectivity index (χ4n) is 2.71. The van der Waals surface area contributed by atoms with Crippen LogP contribution in [0.2, 0.25) is 0 Å². The predicted octanol–water partition coefficient (Wildman–Crippen LogP) is 1.28. The summed E-state index contributed by atoms with van der Waals surface area (Å²) >= 11 is 0. The number of aryl methyl sites for hydroxylation is 1. The molecule has 1 aliphatic heterocycles. The number of esters is 1. The molecule has 0 N–H and O–H groups in total. The van der Waals surface area contributed by atoms with E-state index in [1.54, 1.807) is 6.92 Å². The minimum atomic E-state index is -3.35. The van der Waals surface area contributed by atoms with Gasteiger partial charge in [0.15, 0.2) is 22.1 Å². The van der Waals surface area contributed by atoms with Crippen LogP contribution in [0.25, 0.3) is 0 Å². The molecular formula is C19H19N3O5S. The SMILES string of the molecule is Cc1cnc(C(=O)OCC(=O)N(Cc2ccccc2)[C@@H]2C=CS(=O)(=O)C2)cn1. The third kappa shape index (κ3) is 5.01. The second-order valence-corrected chi connectivity index (χ2v) is 8.28. The number of amides is 1. The van der Waals surface area contributed by atoms with E-state index in [0.717, 1.165) is 11.0 Å². The number of ether oxygens (including phenoxy) is 1. The maximum atomic E-state index is 12.7. The number of nitrogens with zero attached hydrogens (tertiary/aromatic N) is 3. The Morgan fingerprint density at radius 3 is 2.54 bits per heavy atom. The normalized spacial score (nSPS) is 17.2. The molecule has 3 rings (SSSR count). The number of rotatable bonds is 6. The molecule has 0 saturated carbocycles. The number of hydrogen-bond acceptors (Lipinski definition) is 7. The molecule has 0 saturated heterocycles. The van der Waals surface area contributed by atoms with Crippen molar-refractivity contribution in [2.75, 3.05) is 12.4 Å². The van der Waals surface area contributed by atoms with Gasteiger partial charge in [-0.05, 0) is 18.6 Å². The molecule has 0 spiro atoms. The van der Waals surface area contributed by atoms with Crippen LogP contribution in [-0.4, -0.2) is 53.6 Å². The van der Waals surface area contributed by atoms with E-state index in [1.165, 1.54) is 23.4 Å². The Balaban J connectivity index is 1.70. The maximum Gasteiger partial charge on any atom is 0.359 e. The van der Waals surface area contributed by atoms with Gasteiger partial charge in [-0.2, -0.15) is 0 Å². The fourth-order valence-corrected chi connectivity index (χ4v) is 4.01. The van der Waals surface area contributed by atoms with Crippen LogP contribution in [0.3, 0.4) is 0 Å². The zero-order chi connectivity index (χ0) is 20.1. The van der Waals surface area contributed by atoms with Gasteiger partial charge in [-0.1, -0.05) is 30.3 Å². The second kappa shape index (κ2) is 8.30. The highest BCUT2D eigenvalue weighted by atomic mass is 32.2. The number of benzene rings is 1. The Hall–Kier alpha value is -3.07. The van der Waals surface area contributed by atoms with Crippen molar-refractivity contribution in [3.63, 3.8) is 0 Å². The van der Waals surface area contributed by atoms with E-state index >= 15 is 0 Å². The van der Waals surface area contributed by atoms with Crippen molar-refractivity contribution in [3.8, 4) is 0 Å². The van der Waals surface area contributed by atoms with Crippen LogP contribution in [-0.2, 0) is 25.9 Å². The first kappa shape index (κ1) is 19.7. The molecule has 0 unspecified atom stereocenters. The van der Waals surface area contributed by atoms with E-state index in [9.17, 15) is 18.0 Å². The lowest BCUT2D eigenvalue weighted by Crippen LogP contribution is -2.42. The summed E-state index contributed by atoms with van der Waals surface area (Å²) in [6.07, 6.45) is 4.17. The molecule has 2 aromatic rings. The van der Waals surface area contributed by atoms with Gasteiger partial charge in [-0.25, -0.2) is 18.2 Å². The Morgan fingerprint density at radius 2 is 1.93 bits per heavy atom. The molecule has 1 aromatic heterocycles. The Bertz CT molecular complexity index is 988. The zero-order valence-electron chi connectivity index (χ0n) is 15.2. The standard InChI is InChI=1S/C19H19N3O5S/c1-14-9-21-17(10-20-14)19(24)27-12-18(23)22(11-15-5-3-2-4-6-15)16-7-8-28(25,26)13-16/h2-10,16H,11-13H2,1H3/t16-/m1/s1. The molecule has 28 heavy (non-hydrogen) atoms. The van der Waals surface area contributed by atoms with Crippen LogP contribution in [0.1, 0.15) is 21.7 Å². The molecule has 9 heteroatoms. The zero-order valence-corrected chi connectivity index (χ0v) is 16.0. The molecule has 2 heterocycles. The van der Waals surface area contributed by atoms with Gasteiger partial charge in [-0.15, -0.1) is 0 Å². The number of hydrogen-bond donors (Lipinski definition) is 0. The number of sulfone groups is 1. The van der Waals surface area contributed by atoms with Gasteiger partial charge in [0.05, 0.1) is 23.7 Å². The summed E-state index contributed by atoms with van der Waals surface area (Å²) in [6, 6.07) is 8.56. The number of carbonyl (C=O) groups is 2. The molecule has 1 amide bonds. The van der Waals surface area contributed by atoms with Crippen molar-refractivity contribution in [1.29, 1.82) is 0 Å². The molecule has 1 aliphatic rings. The molecule has 0 fully saturated rings. The third-order valence-electron chi connectivity index (χ3n) is 4.14. The molecule has 1 atom stereocenters. The first-order valence-corrected chi connectivity index (χ1v) is 10.3. The maximum absolute atomic E-state index is 12.7. The lowest BCUT2D eigenvalue weighted by molar-refractivity contribution is -0.136. The quantitative estimate of drug-likeness (QED) is 0.671. The van der Waals surface area contributed by atoms with E-state index in [-0.39, 0.29) is 18.0 Å². The average Bonchev–Trinajstić information content (AvgIpc) is 3.04. The third-order valence-corrected chi connectivity index (χ3v) is 5.52. The first-order valence-electron chi connectivity index (χ1n) is 8.54. The summed E-state index contributed by atoms with van der Waals surface area (Å²) in [5, 5.41) is 1.11. The van der Waals surface area contributed by atoms with Gasteiger partial charge in [0.2, 0.25) is 0 Å². The Morgan fingerprint density at radius 1 is 1.18 bits per heavy atom.